The Bertz CT molecular complexity index is 788. The molecule has 0 atom stereocenters. The topological polar surface area (TPSA) is 84.9 Å². The minimum atomic E-state index is -0.976. The third kappa shape index (κ3) is 6.66. The first-order chi connectivity index (χ1) is 13.0. The molecule has 2 aromatic rings. The average molecular weight is 371 g/mol. The normalized spacial score (nSPS) is 10.3. The van der Waals surface area contributed by atoms with E-state index in [4.69, 9.17) is 14.6 Å². The predicted molar refractivity (Wildman–Crippen MR) is 102 cm³/mol. The molecule has 0 bridgehead atoms. The van der Waals surface area contributed by atoms with Crippen molar-refractivity contribution in [3.63, 3.8) is 0 Å². The third-order valence-corrected chi connectivity index (χ3v) is 4.17. The van der Waals surface area contributed by atoms with Crippen LogP contribution in [-0.2, 0) is 22.6 Å². The molecule has 2 aromatic carbocycles. The van der Waals surface area contributed by atoms with Gasteiger partial charge < -0.3 is 19.9 Å². The van der Waals surface area contributed by atoms with Crippen molar-refractivity contribution in [3.8, 4) is 11.5 Å². The molecule has 0 aromatic heterocycles. The molecule has 2 N–H and O–H groups in total. The number of aryl methyl sites for hydroxylation is 1. The van der Waals surface area contributed by atoms with Crippen LogP contribution in [0.15, 0.2) is 42.5 Å². The highest BCUT2D eigenvalue weighted by Crippen LogP contribution is 2.29. The largest absolute Gasteiger partial charge is 0.493 e. The summed E-state index contributed by atoms with van der Waals surface area (Å²) < 4.78 is 11.3. The van der Waals surface area contributed by atoms with Crippen molar-refractivity contribution in [2.45, 2.75) is 32.8 Å². The maximum absolute atomic E-state index is 11.5. The summed E-state index contributed by atoms with van der Waals surface area (Å²) in [7, 11) is 1.59. The van der Waals surface area contributed by atoms with Crippen LogP contribution in [0.1, 0.15) is 29.5 Å². The van der Waals surface area contributed by atoms with Crippen molar-refractivity contribution < 1.29 is 24.2 Å². The summed E-state index contributed by atoms with van der Waals surface area (Å²) in [6.07, 6.45) is 0.449. The van der Waals surface area contributed by atoms with Crippen molar-refractivity contribution in [2.24, 2.45) is 0 Å². The molecule has 0 saturated heterocycles. The first kappa shape index (κ1) is 20.3. The van der Waals surface area contributed by atoms with Gasteiger partial charge >= 0.3 is 5.97 Å². The molecule has 0 heterocycles. The zero-order valence-corrected chi connectivity index (χ0v) is 15.7. The summed E-state index contributed by atoms with van der Waals surface area (Å²) in [5.41, 5.74) is 3.29. The Morgan fingerprint density at radius 2 is 1.85 bits per heavy atom. The molecule has 0 radical (unpaired) electrons. The van der Waals surface area contributed by atoms with Crippen molar-refractivity contribution in [1.82, 2.24) is 5.32 Å². The zero-order valence-electron chi connectivity index (χ0n) is 15.7. The number of hydrogen-bond donors (Lipinski definition) is 2. The summed E-state index contributed by atoms with van der Waals surface area (Å²) in [5, 5.41) is 11.3. The van der Waals surface area contributed by atoms with Crippen LogP contribution in [0, 0.1) is 6.92 Å². The zero-order chi connectivity index (χ0) is 19.6. The standard InChI is InChI=1S/C21H25NO5/c1-15-5-3-4-6-17(15)14-27-18-8-7-16(13-19(18)26-2)11-12-22-20(23)9-10-21(24)25/h3-8,13H,9-12,14H2,1-2H3,(H,22,23)(H,24,25). The Morgan fingerprint density at radius 3 is 2.56 bits per heavy atom. The quantitative estimate of drug-likeness (QED) is 0.670. The highest BCUT2D eigenvalue weighted by Gasteiger charge is 2.08. The van der Waals surface area contributed by atoms with Crippen molar-refractivity contribution in [3.05, 3.63) is 59.2 Å². The number of benzene rings is 2. The fraction of sp³-hybridized carbons (Fsp3) is 0.333. The summed E-state index contributed by atoms with van der Waals surface area (Å²) >= 11 is 0. The fourth-order valence-corrected chi connectivity index (χ4v) is 2.57. The van der Waals surface area contributed by atoms with Crippen LogP contribution in [-0.4, -0.2) is 30.6 Å². The van der Waals surface area contributed by atoms with Gasteiger partial charge in [-0.25, -0.2) is 0 Å². The van der Waals surface area contributed by atoms with Gasteiger partial charge in [0.2, 0.25) is 5.91 Å². The van der Waals surface area contributed by atoms with Crippen LogP contribution in [0.3, 0.4) is 0 Å². The van der Waals surface area contributed by atoms with Crippen LogP contribution in [0.5, 0.6) is 11.5 Å². The highest BCUT2D eigenvalue weighted by molar-refractivity contribution is 5.80. The lowest BCUT2D eigenvalue weighted by Crippen LogP contribution is -2.26. The van der Waals surface area contributed by atoms with Gasteiger partial charge in [0.05, 0.1) is 13.5 Å². The van der Waals surface area contributed by atoms with Crippen LogP contribution < -0.4 is 14.8 Å². The number of rotatable bonds is 10. The predicted octanol–water partition coefficient (Wildman–Crippen LogP) is 3.11. The van der Waals surface area contributed by atoms with Crippen molar-refractivity contribution in [1.29, 1.82) is 0 Å². The Labute approximate surface area is 159 Å². The number of amides is 1. The second-order valence-electron chi connectivity index (χ2n) is 6.19. The van der Waals surface area contributed by atoms with Gasteiger partial charge in [-0.15, -0.1) is 0 Å². The molecule has 144 valence electrons. The molecule has 0 unspecified atom stereocenters. The van der Waals surface area contributed by atoms with Gasteiger partial charge in [-0.3, -0.25) is 9.59 Å². The van der Waals surface area contributed by atoms with E-state index in [1.165, 1.54) is 5.56 Å². The van der Waals surface area contributed by atoms with E-state index in [-0.39, 0.29) is 18.7 Å². The number of carbonyl (C=O) groups is 2. The lowest BCUT2D eigenvalue weighted by molar-refractivity contribution is -0.138. The average Bonchev–Trinajstić information content (AvgIpc) is 2.66. The lowest BCUT2D eigenvalue weighted by atomic mass is 10.1. The van der Waals surface area contributed by atoms with E-state index in [2.05, 4.69) is 5.32 Å². The summed E-state index contributed by atoms with van der Waals surface area (Å²) in [6.45, 7) is 2.94. The number of carboxylic acids is 1. The number of aliphatic carboxylic acids is 1. The van der Waals surface area contributed by atoms with Gasteiger partial charge in [0.1, 0.15) is 6.61 Å². The lowest BCUT2D eigenvalue weighted by Gasteiger charge is -2.13. The van der Waals surface area contributed by atoms with E-state index < -0.39 is 5.97 Å². The molecule has 6 heteroatoms. The first-order valence-corrected chi connectivity index (χ1v) is 8.82. The molecular formula is C21H25NO5. The first-order valence-electron chi connectivity index (χ1n) is 8.82. The second-order valence-corrected chi connectivity index (χ2v) is 6.19. The minimum absolute atomic E-state index is 0.00959. The number of nitrogens with one attached hydrogen (secondary N) is 1. The smallest absolute Gasteiger partial charge is 0.303 e. The summed E-state index contributed by atoms with van der Waals surface area (Å²) in [5.74, 6) is 0.0620. The van der Waals surface area contributed by atoms with E-state index in [0.29, 0.717) is 31.1 Å². The molecule has 0 saturated carbocycles. The number of methoxy groups -OCH3 is 1. The number of ether oxygens (including phenoxy) is 2. The maximum atomic E-state index is 11.5. The Morgan fingerprint density at radius 1 is 1.07 bits per heavy atom. The molecule has 2 rings (SSSR count). The van der Waals surface area contributed by atoms with Crippen LogP contribution in [0.2, 0.25) is 0 Å². The van der Waals surface area contributed by atoms with Gasteiger partial charge in [-0.1, -0.05) is 30.3 Å². The van der Waals surface area contributed by atoms with E-state index >= 15 is 0 Å². The van der Waals surface area contributed by atoms with Crippen LogP contribution in [0.25, 0.3) is 0 Å². The van der Waals surface area contributed by atoms with Crippen molar-refractivity contribution in [2.75, 3.05) is 13.7 Å². The van der Waals surface area contributed by atoms with Gasteiger partial charge in [0, 0.05) is 13.0 Å². The number of hydrogen-bond acceptors (Lipinski definition) is 4. The molecule has 0 aliphatic carbocycles. The second kappa shape index (κ2) is 10.2. The summed E-state index contributed by atoms with van der Waals surface area (Å²) in [4.78, 5) is 22.0. The highest BCUT2D eigenvalue weighted by atomic mass is 16.5. The molecular weight excluding hydrogens is 346 g/mol. The molecule has 0 aliphatic rings. The Balaban J connectivity index is 1.88. The number of carboxylic acid groups (broad SMARTS) is 1. The molecule has 0 aliphatic heterocycles. The van der Waals surface area contributed by atoms with Gasteiger partial charge in [0.25, 0.3) is 0 Å². The molecule has 1 amide bonds. The van der Waals surface area contributed by atoms with Crippen LogP contribution in [0.4, 0.5) is 0 Å². The van der Waals surface area contributed by atoms with Crippen molar-refractivity contribution >= 4 is 11.9 Å². The number of carbonyl (C=O) groups excluding carboxylic acids is 1. The van der Waals surface area contributed by atoms with E-state index in [0.717, 1.165) is 11.1 Å². The molecule has 0 fully saturated rings. The minimum Gasteiger partial charge on any atom is -0.493 e. The van der Waals surface area contributed by atoms with E-state index in [1.807, 2.05) is 49.4 Å². The Kier molecular flexibility index (Phi) is 7.67. The summed E-state index contributed by atoms with van der Waals surface area (Å²) in [6, 6.07) is 13.7. The van der Waals surface area contributed by atoms with E-state index in [9.17, 15) is 9.59 Å². The monoisotopic (exact) mass is 371 g/mol. The Hall–Kier alpha value is -3.02. The van der Waals surface area contributed by atoms with E-state index in [1.54, 1.807) is 7.11 Å². The fourth-order valence-electron chi connectivity index (χ4n) is 2.57. The van der Waals surface area contributed by atoms with Gasteiger partial charge in [-0.2, -0.15) is 0 Å². The van der Waals surface area contributed by atoms with Gasteiger partial charge in [-0.05, 0) is 42.2 Å². The maximum Gasteiger partial charge on any atom is 0.303 e. The third-order valence-electron chi connectivity index (χ3n) is 4.17. The molecule has 0 spiro atoms. The SMILES string of the molecule is COc1cc(CCNC(=O)CCC(=O)O)ccc1OCc1ccccc1C. The van der Waals surface area contributed by atoms with Gasteiger partial charge in [0.15, 0.2) is 11.5 Å². The van der Waals surface area contributed by atoms with Crippen LogP contribution >= 0.6 is 0 Å². The molecule has 6 nitrogen and oxygen atoms in total. The molecule has 27 heavy (non-hydrogen) atoms.